The van der Waals surface area contributed by atoms with Crippen molar-refractivity contribution in [3.8, 4) is 17.4 Å². The Balaban J connectivity index is 1.31. The quantitative estimate of drug-likeness (QED) is 0.235. The first kappa shape index (κ1) is 21.1. The Bertz CT molecular complexity index is 1190. The molecule has 0 fully saturated rings. The van der Waals surface area contributed by atoms with Gasteiger partial charge in [-0.3, -0.25) is 10.2 Å². The lowest BCUT2D eigenvalue weighted by atomic mass is 10.2. The molecule has 32 heavy (non-hydrogen) atoms. The van der Waals surface area contributed by atoms with Crippen molar-refractivity contribution in [2.45, 2.75) is 13.3 Å². The predicted octanol–water partition coefficient (Wildman–Crippen LogP) is 3.46. The molecule has 0 aliphatic rings. The van der Waals surface area contributed by atoms with Crippen molar-refractivity contribution in [1.82, 2.24) is 24.7 Å². The average molecular weight is 449 g/mol. The molecule has 1 N–H and O–H groups in total. The smallest absolute Gasteiger partial charge is 0.311 e. The summed E-state index contributed by atoms with van der Waals surface area (Å²) in [5, 5.41) is 10.7. The van der Waals surface area contributed by atoms with Gasteiger partial charge < -0.3 is 9.47 Å². The van der Waals surface area contributed by atoms with E-state index in [0.29, 0.717) is 34.9 Å². The lowest BCUT2D eigenvalue weighted by Gasteiger charge is -2.06. The molecule has 3 aromatic heterocycles. The Morgan fingerprint density at radius 3 is 2.94 bits per heavy atom. The minimum Gasteiger partial charge on any atom is -0.466 e. The van der Waals surface area contributed by atoms with Gasteiger partial charge in [-0.25, -0.2) is 19.6 Å². The molecular formula is C21H19N7O3S. The number of aromatic nitrogens is 5. The first-order valence-corrected chi connectivity index (χ1v) is 10.6. The van der Waals surface area contributed by atoms with E-state index in [1.165, 1.54) is 17.7 Å². The van der Waals surface area contributed by atoms with E-state index in [1.807, 2.05) is 30.3 Å². The third kappa shape index (κ3) is 5.73. The Morgan fingerprint density at radius 2 is 2.16 bits per heavy atom. The first-order valence-electron chi connectivity index (χ1n) is 9.68. The van der Waals surface area contributed by atoms with Crippen LogP contribution < -0.4 is 10.2 Å². The van der Waals surface area contributed by atoms with Gasteiger partial charge in [0.2, 0.25) is 11.0 Å². The molecular weight excluding hydrogens is 430 g/mol. The molecule has 0 aliphatic carbocycles. The molecule has 3 heterocycles. The van der Waals surface area contributed by atoms with E-state index in [2.05, 4.69) is 30.6 Å². The van der Waals surface area contributed by atoms with Gasteiger partial charge in [0, 0.05) is 23.8 Å². The highest BCUT2D eigenvalue weighted by atomic mass is 32.1. The standard InChI is InChI=1S/C21H19N7O3S/c1-2-30-20(29)10-16-13-32-21(26-16)27-24-12-15-4-6-17(7-5-15)31-19-11-18(22-14-23-19)28-9-3-8-25-28/h3-9,11-14H,2,10H2,1H3,(H,26,27). The Labute approximate surface area is 187 Å². The summed E-state index contributed by atoms with van der Waals surface area (Å²) in [6, 6.07) is 10.9. The second kappa shape index (κ2) is 10.3. The van der Waals surface area contributed by atoms with Gasteiger partial charge in [-0.1, -0.05) is 0 Å². The number of hydrazone groups is 1. The van der Waals surface area contributed by atoms with Crippen molar-refractivity contribution in [2.75, 3.05) is 12.0 Å². The molecule has 0 saturated heterocycles. The maximum atomic E-state index is 11.5. The molecule has 0 bridgehead atoms. The fraction of sp³-hybridized carbons (Fsp3) is 0.143. The number of esters is 1. The highest BCUT2D eigenvalue weighted by molar-refractivity contribution is 7.13. The van der Waals surface area contributed by atoms with Crippen LogP contribution in [-0.2, 0) is 16.0 Å². The molecule has 11 heteroatoms. The zero-order valence-corrected chi connectivity index (χ0v) is 17.9. The summed E-state index contributed by atoms with van der Waals surface area (Å²) in [6.07, 6.45) is 6.70. The Kier molecular flexibility index (Phi) is 6.78. The van der Waals surface area contributed by atoms with Crippen LogP contribution in [0.25, 0.3) is 5.82 Å². The third-order valence-electron chi connectivity index (χ3n) is 4.03. The van der Waals surface area contributed by atoms with Crippen molar-refractivity contribution in [2.24, 2.45) is 5.10 Å². The maximum absolute atomic E-state index is 11.5. The summed E-state index contributed by atoms with van der Waals surface area (Å²) in [4.78, 5) is 24.1. The highest BCUT2D eigenvalue weighted by Gasteiger charge is 2.08. The van der Waals surface area contributed by atoms with Gasteiger partial charge in [0.25, 0.3) is 0 Å². The number of nitrogens with one attached hydrogen (secondary N) is 1. The molecule has 1 aromatic carbocycles. The summed E-state index contributed by atoms with van der Waals surface area (Å²) in [5.74, 6) is 1.36. The molecule has 4 rings (SSSR count). The number of rotatable bonds is 9. The second-order valence-electron chi connectivity index (χ2n) is 6.33. The molecule has 0 unspecified atom stereocenters. The van der Waals surface area contributed by atoms with Crippen LogP contribution in [0, 0.1) is 0 Å². The minimum atomic E-state index is -0.297. The van der Waals surface area contributed by atoms with E-state index >= 15 is 0 Å². The molecule has 0 spiro atoms. The van der Waals surface area contributed by atoms with E-state index < -0.39 is 0 Å². The fourth-order valence-corrected chi connectivity index (χ4v) is 3.28. The molecule has 0 radical (unpaired) electrons. The minimum absolute atomic E-state index is 0.146. The molecule has 162 valence electrons. The zero-order chi connectivity index (χ0) is 22.2. The van der Waals surface area contributed by atoms with Crippen LogP contribution in [0.15, 0.2) is 65.6 Å². The number of hydrogen-bond donors (Lipinski definition) is 1. The summed E-state index contributed by atoms with van der Waals surface area (Å²) in [6.45, 7) is 2.13. The fourth-order valence-electron chi connectivity index (χ4n) is 2.62. The number of nitrogens with zero attached hydrogens (tertiary/aromatic N) is 6. The van der Waals surface area contributed by atoms with Crippen LogP contribution >= 0.6 is 11.3 Å². The summed E-state index contributed by atoms with van der Waals surface area (Å²) < 4.78 is 12.3. The van der Waals surface area contributed by atoms with Gasteiger partial charge in [-0.05, 0) is 42.8 Å². The molecule has 10 nitrogen and oxygen atoms in total. The van der Waals surface area contributed by atoms with Crippen molar-refractivity contribution in [1.29, 1.82) is 0 Å². The van der Waals surface area contributed by atoms with Gasteiger partial charge in [0.15, 0.2) is 5.82 Å². The van der Waals surface area contributed by atoms with Crippen LogP contribution in [0.3, 0.4) is 0 Å². The lowest BCUT2D eigenvalue weighted by Crippen LogP contribution is -2.07. The topological polar surface area (TPSA) is 116 Å². The van der Waals surface area contributed by atoms with E-state index in [0.717, 1.165) is 5.56 Å². The van der Waals surface area contributed by atoms with Gasteiger partial charge in [0.05, 0.1) is 24.9 Å². The van der Waals surface area contributed by atoms with Gasteiger partial charge in [-0.2, -0.15) is 10.2 Å². The van der Waals surface area contributed by atoms with Crippen LogP contribution in [0.5, 0.6) is 11.6 Å². The van der Waals surface area contributed by atoms with Gasteiger partial charge >= 0.3 is 5.97 Å². The summed E-state index contributed by atoms with van der Waals surface area (Å²) >= 11 is 1.37. The highest BCUT2D eigenvalue weighted by Crippen LogP contribution is 2.21. The number of thiazole rings is 1. The number of ether oxygens (including phenoxy) is 2. The van der Waals surface area contributed by atoms with Crippen molar-refractivity contribution < 1.29 is 14.3 Å². The SMILES string of the molecule is CCOC(=O)Cc1csc(NN=Cc2ccc(Oc3cc(-n4cccn4)ncn3)cc2)n1. The van der Waals surface area contributed by atoms with Gasteiger partial charge in [-0.15, -0.1) is 11.3 Å². The Hall–Kier alpha value is -4.12. The van der Waals surface area contributed by atoms with E-state index in [-0.39, 0.29) is 12.4 Å². The predicted molar refractivity (Wildman–Crippen MR) is 119 cm³/mol. The summed E-state index contributed by atoms with van der Waals surface area (Å²) in [7, 11) is 0. The number of anilines is 1. The molecule has 4 aromatic rings. The molecule has 0 aliphatic heterocycles. The third-order valence-corrected chi connectivity index (χ3v) is 4.82. The normalized spacial score (nSPS) is 10.9. The largest absolute Gasteiger partial charge is 0.466 e. The van der Waals surface area contributed by atoms with Crippen molar-refractivity contribution in [3.63, 3.8) is 0 Å². The van der Waals surface area contributed by atoms with Crippen molar-refractivity contribution in [3.05, 3.63) is 71.8 Å². The lowest BCUT2D eigenvalue weighted by molar-refractivity contribution is -0.142. The Morgan fingerprint density at radius 1 is 1.28 bits per heavy atom. The zero-order valence-electron chi connectivity index (χ0n) is 17.1. The van der Waals surface area contributed by atoms with Crippen LogP contribution in [0.1, 0.15) is 18.2 Å². The molecule has 0 atom stereocenters. The summed E-state index contributed by atoms with van der Waals surface area (Å²) in [5.41, 5.74) is 4.38. The molecule has 0 amide bonds. The number of hydrogen-bond acceptors (Lipinski definition) is 10. The van der Waals surface area contributed by atoms with E-state index in [4.69, 9.17) is 9.47 Å². The van der Waals surface area contributed by atoms with Crippen molar-refractivity contribution >= 4 is 28.7 Å². The van der Waals surface area contributed by atoms with Gasteiger partial charge in [0.1, 0.15) is 12.1 Å². The number of benzene rings is 1. The number of carbonyl (C=O) groups is 1. The number of carbonyl (C=O) groups excluding carboxylic acids is 1. The van der Waals surface area contributed by atoms with Crippen LogP contribution in [0.4, 0.5) is 5.13 Å². The second-order valence-corrected chi connectivity index (χ2v) is 7.19. The van der Waals surface area contributed by atoms with E-state index in [1.54, 1.807) is 41.7 Å². The maximum Gasteiger partial charge on any atom is 0.311 e. The van der Waals surface area contributed by atoms with E-state index in [9.17, 15) is 4.79 Å². The first-order chi connectivity index (χ1) is 15.7. The van der Waals surface area contributed by atoms with Crippen LogP contribution in [0.2, 0.25) is 0 Å². The monoisotopic (exact) mass is 449 g/mol. The van der Waals surface area contributed by atoms with Crippen LogP contribution in [-0.4, -0.2) is 43.5 Å². The average Bonchev–Trinajstić information content (AvgIpc) is 3.48. The molecule has 0 saturated carbocycles.